The first kappa shape index (κ1) is 14.8. The monoisotopic (exact) mass is 407 g/mol. The molecule has 1 unspecified atom stereocenters. The molecule has 1 atom stereocenters. The van der Waals surface area contributed by atoms with Crippen molar-refractivity contribution in [2.75, 3.05) is 6.54 Å². The summed E-state index contributed by atoms with van der Waals surface area (Å²) in [5.41, 5.74) is 2.36. The summed E-state index contributed by atoms with van der Waals surface area (Å²) in [4.78, 5) is 0. The van der Waals surface area contributed by atoms with E-state index in [1.54, 1.807) is 6.26 Å². The molecule has 0 saturated heterocycles. The lowest BCUT2D eigenvalue weighted by molar-refractivity contribution is 0.527. The van der Waals surface area contributed by atoms with Gasteiger partial charge in [-0.05, 0) is 50.9 Å². The minimum absolute atomic E-state index is 0.0983. The number of nitrogens with one attached hydrogen (secondary N) is 1. The first-order chi connectivity index (χ1) is 10.2. The molecule has 108 valence electrons. The smallest absolute Gasteiger partial charge is 0.174 e. The fourth-order valence-corrected chi connectivity index (χ4v) is 3.59. The molecule has 0 aliphatic heterocycles. The van der Waals surface area contributed by atoms with Gasteiger partial charge in [0.05, 0.1) is 12.3 Å². The molecule has 1 N–H and O–H groups in total. The molecule has 4 heteroatoms. The molecular formula is C17H15Br2NO. The van der Waals surface area contributed by atoms with Gasteiger partial charge in [0.2, 0.25) is 0 Å². The molecule has 0 aliphatic carbocycles. The van der Waals surface area contributed by atoms with Crippen molar-refractivity contribution in [2.45, 2.75) is 13.0 Å². The van der Waals surface area contributed by atoms with E-state index in [0.717, 1.165) is 21.3 Å². The van der Waals surface area contributed by atoms with Crippen LogP contribution in [0.2, 0.25) is 0 Å². The van der Waals surface area contributed by atoms with Gasteiger partial charge in [0.1, 0.15) is 0 Å². The van der Waals surface area contributed by atoms with Gasteiger partial charge in [-0.2, -0.15) is 0 Å². The third-order valence-electron chi connectivity index (χ3n) is 3.58. The maximum Gasteiger partial charge on any atom is 0.174 e. The molecule has 0 amide bonds. The number of hydrogen-bond acceptors (Lipinski definition) is 2. The van der Waals surface area contributed by atoms with Crippen LogP contribution in [0.25, 0.3) is 10.8 Å². The average Bonchev–Trinajstić information content (AvgIpc) is 2.92. The van der Waals surface area contributed by atoms with E-state index >= 15 is 0 Å². The minimum atomic E-state index is 0.0983. The Bertz CT molecular complexity index is 766. The fraction of sp³-hybridized carbons (Fsp3) is 0.176. The van der Waals surface area contributed by atoms with E-state index in [1.807, 2.05) is 6.07 Å². The third kappa shape index (κ3) is 2.80. The average molecular weight is 409 g/mol. The van der Waals surface area contributed by atoms with E-state index in [2.05, 4.69) is 80.5 Å². The van der Waals surface area contributed by atoms with Crippen LogP contribution < -0.4 is 5.32 Å². The van der Waals surface area contributed by atoms with E-state index in [1.165, 1.54) is 16.3 Å². The molecule has 2 aromatic carbocycles. The van der Waals surface area contributed by atoms with E-state index in [-0.39, 0.29) is 6.04 Å². The van der Waals surface area contributed by atoms with Crippen molar-refractivity contribution in [3.63, 3.8) is 0 Å². The van der Waals surface area contributed by atoms with Gasteiger partial charge >= 0.3 is 0 Å². The number of benzene rings is 2. The number of fused-ring (bicyclic) bond motifs is 1. The second-order valence-electron chi connectivity index (χ2n) is 4.82. The molecule has 2 nitrogen and oxygen atoms in total. The lowest BCUT2D eigenvalue weighted by Gasteiger charge is -2.20. The lowest BCUT2D eigenvalue weighted by atomic mass is 9.95. The molecule has 0 spiro atoms. The van der Waals surface area contributed by atoms with Crippen LogP contribution in [0.15, 0.2) is 62.3 Å². The molecule has 0 bridgehead atoms. The minimum Gasteiger partial charge on any atom is -0.457 e. The highest BCUT2D eigenvalue weighted by molar-refractivity contribution is 9.10. The van der Waals surface area contributed by atoms with Crippen LogP contribution in [0.3, 0.4) is 0 Å². The predicted molar refractivity (Wildman–Crippen MR) is 93.6 cm³/mol. The molecule has 0 saturated carbocycles. The van der Waals surface area contributed by atoms with Crippen molar-refractivity contribution in [2.24, 2.45) is 0 Å². The summed E-state index contributed by atoms with van der Waals surface area (Å²) in [6.07, 6.45) is 1.71. The van der Waals surface area contributed by atoms with Gasteiger partial charge in [-0.25, -0.2) is 0 Å². The van der Waals surface area contributed by atoms with Crippen LogP contribution in [-0.4, -0.2) is 6.54 Å². The van der Waals surface area contributed by atoms with Crippen LogP contribution in [-0.2, 0) is 0 Å². The summed E-state index contributed by atoms with van der Waals surface area (Å²) in [6, 6.07) is 14.8. The second kappa shape index (κ2) is 6.34. The van der Waals surface area contributed by atoms with Gasteiger partial charge in [0.25, 0.3) is 0 Å². The van der Waals surface area contributed by atoms with Crippen molar-refractivity contribution in [3.05, 3.63) is 69.0 Å². The van der Waals surface area contributed by atoms with Crippen molar-refractivity contribution >= 4 is 42.6 Å². The third-order valence-corrected chi connectivity index (χ3v) is 4.92. The van der Waals surface area contributed by atoms with Gasteiger partial charge in [0.15, 0.2) is 4.67 Å². The van der Waals surface area contributed by atoms with Crippen LogP contribution in [0.5, 0.6) is 0 Å². The maximum atomic E-state index is 5.42. The van der Waals surface area contributed by atoms with Crippen LogP contribution in [0.1, 0.15) is 24.1 Å². The molecule has 21 heavy (non-hydrogen) atoms. The SMILES string of the molecule is CCNC(c1ccoc1Br)c1ccc(Br)c2ccccc12. The standard InChI is InChI=1S/C17H15Br2NO/c1-2-20-16(14-9-10-21-17(14)19)13-7-8-15(18)12-6-4-3-5-11(12)13/h3-10,16,20H,2H2,1H3. The molecule has 0 aliphatic rings. The summed E-state index contributed by atoms with van der Waals surface area (Å²) >= 11 is 7.13. The fourth-order valence-electron chi connectivity index (χ4n) is 2.64. The van der Waals surface area contributed by atoms with Gasteiger partial charge in [-0.3, -0.25) is 0 Å². The first-order valence-corrected chi connectivity index (χ1v) is 8.44. The molecular weight excluding hydrogens is 394 g/mol. The van der Waals surface area contributed by atoms with Crippen LogP contribution >= 0.6 is 31.9 Å². The van der Waals surface area contributed by atoms with E-state index in [9.17, 15) is 0 Å². The number of halogens is 2. The normalized spacial score (nSPS) is 12.7. The zero-order chi connectivity index (χ0) is 14.8. The quantitative estimate of drug-likeness (QED) is 0.602. The summed E-state index contributed by atoms with van der Waals surface area (Å²) in [7, 11) is 0. The van der Waals surface area contributed by atoms with Crippen molar-refractivity contribution < 1.29 is 4.42 Å². The largest absolute Gasteiger partial charge is 0.457 e. The molecule has 0 radical (unpaired) electrons. The predicted octanol–water partition coefficient (Wildman–Crippen LogP) is 5.66. The molecule has 3 rings (SSSR count). The van der Waals surface area contributed by atoms with E-state index in [4.69, 9.17) is 4.42 Å². The van der Waals surface area contributed by atoms with Gasteiger partial charge in [-0.1, -0.05) is 53.2 Å². The Morgan fingerprint density at radius 2 is 1.76 bits per heavy atom. The Kier molecular flexibility index (Phi) is 4.48. The highest BCUT2D eigenvalue weighted by Crippen LogP contribution is 2.35. The summed E-state index contributed by atoms with van der Waals surface area (Å²) < 4.78 is 7.31. The van der Waals surface area contributed by atoms with Crippen LogP contribution in [0, 0.1) is 0 Å². The van der Waals surface area contributed by atoms with E-state index in [0.29, 0.717) is 0 Å². The number of hydrogen-bond donors (Lipinski definition) is 1. The highest BCUT2D eigenvalue weighted by atomic mass is 79.9. The van der Waals surface area contributed by atoms with Crippen LogP contribution in [0.4, 0.5) is 0 Å². The highest BCUT2D eigenvalue weighted by Gasteiger charge is 2.20. The van der Waals surface area contributed by atoms with Gasteiger partial charge in [0, 0.05) is 10.0 Å². The maximum absolute atomic E-state index is 5.42. The Hall–Kier alpha value is -1.10. The number of furan rings is 1. The van der Waals surface area contributed by atoms with Gasteiger partial charge < -0.3 is 9.73 Å². The molecule has 1 heterocycles. The van der Waals surface area contributed by atoms with Gasteiger partial charge in [-0.15, -0.1) is 0 Å². The lowest BCUT2D eigenvalue weighted by Crippen LogP contribution is -2.22. The zero-order valence-electron chi connectivity index (χ0n) is 11.6. The van der Waals surface area contributed by atoms with Crippen molar-refractivity contribution in [1.29, 1.82) is 0 Å². The Morgan fingerprint density at radius 1 is 1.00 bits per heavy atom. The summed E-state index contributed by atoms with van der Waals surface area (Å²) in [5.74, 6) is 0. The molecule has 3 aromatic rings. The zero-order valence-corrected chi connectivity index (χ0v) is 14.7. The molecule has 0 fully saturated rings. The van der Waals surface area contributed by atoms with E-state index < -0.39 is 0 Å². The topological polar surface area (TPSA) is 25.2 Å². The Morgan fingerprint density at radius 3 is 2.43 bits per heavy atom. The Labute approximate surface area is 140 Å². The molecule has 1 aromatic heterocycles. The second-order valence-corrected chi connectivity index (χ2v) is 6.40. The first-order valence-electron chi connectivity index (χ1n) is 6.85. The summed E-state index contributed by atoms with van der Waals surface area (Å²) in [6.45, 7) is 2.99. The Balaban J connectivity index is 2.21. The summed E-state index contributed by atoms with van der Waals surface area (Å²) in [5, 5.41) is 6.01. The van der Waals surface area contributed by atoms with Crippen molar-refractivity contribution in [1.82, 2.24) is 5.32 Å². The van der Waals surface area contributed by atoms with Crippen molar-refractivity contribution in [3.8, 4) is 0 Å². The number of rotatable bonds is 4.